The normalized spacial score (nSPS) is 9.07. The van der Waals surface area contributed by atoms with Crippen LogP contribution in [-0.4, -0.2) is 29.8 Å². The SMILES string of the molecule is NCCCCNCCCN.[O]=[Nb](=[O])[OH]. The number of rotatable bonds is 7. The van der Waals surface area contributed by atoms with Crippen LogP contribution in [0.15, 0.2) is 0 Å². The Morgan fingerprint density at radius 1 is 1.00 bits per heavy atom. The van der Waals surface area contributed by atoms with E-state index in [0.29, 0.717) is 0 Å². The van der Waals surface area contributed by atoms with Crippen LogP contribution in [0, 0.1) is 0 Å². The fourth-order valence-electron chi connectivity index (χ4n) is 0.746. The summed E-state index contributed by atoms with van der Waals surface area (Å²) in [4.78, 5) is 0. The van der Waals surface area contributed by atoms with Gasteiger partial charge in [0.1, 0.15) is 0 Å². The molecule has 6 N–H and O–H groups in total. The first-order valence-electron chi connectivity index (χ1n) is 4.59. The fourth-order valence-corrected chi connectivity index (χ4v) is 0.746. The van der Waals surface area contributed by atoms with E-state index in [2.05, 4.69) is 5.32 Å². The molecule has 0 atom stereocenters. The van der Waals surface area contributed by atoms with Gasteiger partial charge in [-0.2, -0.15) is 0 Å². The van der Waals surface area contributed by atoms with Crippen molar-refractivity contribution in [2.75, 3.05) is 26.2 Å². The number of nitrogens with two attached hydrogens (primary N) is 2. The van der Waals surface area contributed by atoms with Gasteiger partial charge in [0.2, 0.25) is 0 Å². The van der Waals surface area contributed by atoms with Gasteiger partial charge in [0, 0.05) is 0 Å². The standard InChI is InChI=1S/C7H19N3.Nb.H2O.2O/c8-4-1-2-6-10-7-3-5-9;;;;/h10H,1-9H2;;1H2;;/q;+1;;;/p-1. The summed E-state index contributed by atoms with van der Waals surface area (Å²) in [7, 11) is 0. The Morgan fingerprint density at radius 2 is 1.43 bits per heavy atom. The Morgan fingerprint density at radius 3 is 1.86 bits per heavy atom. The van der Waals surface area contributed by atoms with Crippen molar-refractivity contribution in [2.24, 2.45) is 11.5 Å². The van der Waals surface area contributed by atoms with Crippen molar-refractivity contribution >= 4 is 0 Å². The molecule has 0 fully saturated rings. The van der Waals surface area contributed by atoms with Crippen molar-refractivity contribution in [3.63, 3.8) is 0 Å². The quantitative estimate of drug-likeness (QED) is 0.347. The molecule has 0 rings (SSSR count). The topological polar surface area (TPSA) is 118 Å². The van der Waals surface area contributed by atoms with E-state index >= 15 is 0 Å². The van der Waals surface area contributed by atoms with Crippen molar-refractivity contribution < 1.29 is 28.9 Å². The van der Waals surface area contributed by atoms with E-state index in [1.54, 1.807) is 0 Å². The monoisotopic (exact) mass is 287 g/mol. The Hall–Kier alpha value is 0.180. The van der Waals surface area contributed by atoms with Gasteiger partial charge in [-0.15, -0.1) is 0 Å². The Kier molecular flexibility index (Phi) is 18.6. The molecule has 0 aliphatic heterocycles. The first-order valence-corrected chi connectivity index (χ1v) is 7.37. The molecule has 14 heavy (non-hydrogen) atoms. The fraction of sp³-hybridized carbons (Fsp3) is 1.00. The van der Waals surface area contributed by atoms with Gasteiger partial charge in [-0.25, -0.2) is 0 Å². The van der Waals surface area contributed by atoms with Gasteiger partial charge in [0.05, 0.1) is 0 Å². The number of nitrogens with one attached hydrogen (secondary N) is 1. The van der Waals surface area contributed by atoms with Crippen molar-refractivity contribution in [1.29, 1.82) is 0 Å². The van der Waals surface area contributed by atoms with E-state index in [9.17, 15) is 0 Å². The second kappa shape index (κ2) is 15.6. The summed E-state index contributed by atoms with van der Waals surface area (Å²) in [5.41, 5.74) is 10.6. The van der Waals surface area contributed by atoms with Gasteiger partial charge in [-0.1, -0.05) is 0 Å². The summed E-state index contributed by atoms with van der Waals surface area (Å²) in [6.45, 7) is 3.71. The van der Waals surface area contributed by atoms with Crippen LogP contribution in [0.25, 0.3) is 0 Å². The minimum atomic E-state index is -3.95. The molecule has 0 heterocycles. The summed E-state index contributed by atoms with van der Waals surface area (Å²) in [6.07, 6.45) is 3.37. The molecule has 0 radical (unpaired) electrons. The molecule has 0 aromatic rings. The van der Waals surface area contributed by atoms with E-state index in [0.717, 1.165) is 39.0 Å². The molecule has 0 unspecified atom stereocenters. The maximum atomic E-state index is 8.71. The van der Waals surface area contributed by atoms with Crippen LogP contribution >= 0.6 is 0 Å². The first-order chi connectivity index (χ1) is 6.65. The van der Waals surface area contributed by atoms with Crippen LogP contribution in [-0.2, 0) is 25.3 Å². The Bertz CT molecular complexity index is 148. The zero-order valence-corrected chi connectivity index (χ0v) is 10.5. The van der Waals surface area contributed by atoms with Crippen molar-refractivity contribution in [2.45, 2.75) is 19.3 Å². The van der Waals surface area contributed by atoms with Crippen LogP contribution in [0.5, 0.6) is 0 Å². The van der Waals surface area contributed by atoms with Crippen molar-refractivity contribution in [3.05, 3.63) is 0 Å². The molecule has 0 saturated heterocycles. The van der Waals surface area contributed by atoms with E-state index in [4.69, 9.17) is 21.6 Å². The molecule has 0 aromatic carbocycles. The van der Waals surface area contributed by atoms with E-state index in [1.165, 1.54) is 6.42 Å². The summed E-state index contributed by atoms with van der Waals surface area (Å²) < 4.78 is 24.6. The number of hydrogen-bond acceptors (Lipinski definition) is 5. The Labute approximate surface area is 91.3 Å². The minimum absolute atomic E-state index is 0.782. The molecular weight excluding hydrogens is 267 g/mol. The van der Waals surface area contributed by atoms with Gasteiger partial charge in [0.15, 0.2) is 0 Å². The van der Waals surface area contributed by atoms with Crippen LogP contribution in [0.2, 0.25) is 0 Å². The molecule has 0 saturated carbocycles. The van der Waals surface area contributed by atoms with Crippen molar-refractivity contribution in [3.8, 4) is 0 Å². The van der Waals surface area contributed by atoms with Gasteiger partial charge in [-0.3, -0.25) is 0 Å². The Balaban J connectivity index is 0. The van der Waals surface area contributed by atoms with E-state index < -0.39 is 18.8 Å². The second-order valence-electron chi connectivity index (χ2n) is 2.63. The van der Waals surface area contributed by atoms with Gasteiger partial charge in [-0.05, 0) is 45.4 Å². The summed E-state index contributed by atoms with van der Waals surface area (Å²) >= 11 is -3.95. The van der Waals surface area contributed by atoms with Gasteiger partial charge < -0.3 is 16.8 Å². The van der Waals surface area contributed by atoms with Crippen LogP contribution < -0.4 is 16.8 Å². The summed E-state index contributed by atoms with van der Waals surface area (Å²) in [5, 5.41) is 3.29. The molecule has 6 nitrogen and oxygen atoms in total. The summed E-state index contributed by atoms with van der Waals surface area (Å²) in [5.74, 6) is 0. The molecule has 7 heteroatoms. The molecule has 0 bridgehead atoms. The average molecular weight is 287 g/mol. The molecule has 86 valence electrons. The molecule has 0 spiro atoms. The van der Waals surface area contributed by atoms with Gasteiger partial charge in [0.25, 0.3) is 0 Å². The molecule has 0 amide bonds. The third-order valence-electron chi connectivity index (χ3n) is 1.37. The average Bonchev–Trinajstić information content (AvgIpc) is 2.10. The third-order valence-corrected chi connectivity index (χ3v) is 1.37. The van der Waals surface area contributed by atoms with E-state index in [-0.39, 0.29) is 0 Å². The zero-order chi connectivity index (χ0) is 11.2. The van der Waals surface area contributed by atoms with Crippen LogP contribution in [0.3, 0.4) is 0 Å². The van der Waals surface area contributed by atoms with Crippen LogP contribution in [0.1, 0.15) is 19.3 Å². The zero-order valence-electron chi connectivity index (χ0n) is 8.32. The number of unbranched alkanes of at least 4 members (excludes halogenated alkanes) is 1. The first kappa shape index (κ1) is 16.6. The molecule has 0 aliphatic rings. The third kappa shape index (κ3) is 29.5. The second-order valence-corrected chi connectivity index (χ2v) is 3.80. The van der Waals surface area contributed by atoms with Crippen LogP contribution in [0.4, 0.5) is 0 Å². The van der Waals surface area contributed by atoms with Gasteiger partial charge >= 0.3 is 28.9 Å². The maximum absolute atomic E-state index is 8.71. The predicted molar refractivity (Wildman–Crippen MR) is 48.4 cm³/mol. The predicted octanol–water partition coefficient (Wildman–Crippen LogP) is -1.13. The number of hydrogen-bond donors (Lipinski definition) is 4. The van der Waals surface area contributed by atoms with Crippen molar-refractivity contribution in [1.82, 2.24) is 5.32 Å². The summed E-state index contributed by atoms with van der Waals surface area (Å²) in [6, 6.07) is 0. The van der Waals surface area contributed by atoms with E-state index in [1.807, 2.05) is 0 Å². The molecule has 0 aliphatic carbocycles. The molecule has 0 aromatic heterocycles. The molecular formula is C7H20N3NbO3.